The lowest BCUT2D eigenvalue weighted by Crippen LogP contribution is -2.64. The summed E-state index contributed by atoms with van der Waals surface area (Å²) in [5.41, 5.74) is 5.23. The summed E-state index contributed by atoms with van der Waals surface area (Å²) in [7, 11) is 5.61. The first-order valence-corrected chi connectivity index (χ1v) is 3.48. The summed E-state index contributed by atoms with van der Waals surface area (Å²) in [5.74, 6) is 0.197. The van der Waals surface area contributed by atoms with Crippen molar-refractivity contribution in [1.29, 1.82) is 0 Å². The van der Waals surface area contributed by atoms with Gasteiger partial charge in [0.1, 0.15) is 13.6 Å². The second-order valence-electron chi connectivity index (χ2n) is 3.01. The molecule has 0 aliphatic carbocycles. The van der Waals surface area contributed by atoms with E-state index in [1.807, 2.05) is 6.92 Å². The Bertz CT molecular complexity index is 166. The molecule has 2 aliphatic heterocycles. The zero-order valence-corrected chi connectivity index (χ0v) is 5.91. The van der Waals surface area contributed by atoms with E-state index >= 15 is 0 Å². The minimum absolute atomic E-state index is 0.0683. The maximum absolute atomic E-state index is 5.81. The van der Waals surface area contributed by atoms with Crippen molar-refractivity contribution in [3.05, 3.63) is 0 Å². The summed E-state index contributed by atoms with van der Waals surface area (Å²) in [6.45, 7) is 2.53. The first-order chi connectivity index (χ1) is 4.64. The molecule has 0 amide bonds. The number of nitrogens with two attached hydrogens (primary N) is 1. The Morgan fingerprint density at radius 1 is 1.70 bits per heavy atom. The van der Waals surface area contributed by atoms with E-state index in [0.29, 0.717) is 6.61 Å². The van der Waals surface area contributed by atoms with Crippen LogP contribution in [0, 0.1) is 5.92 Å². The highest BCUT2D eigenvalue weighted by Gasteiger charge is 2.57. The Hall–Kier alpha value is -0.0551. The molecule has 2 heterocycles. The third-order valence-corrected chi connectivity index (χ3v) is 2.49. The molecule has 0 spiro atoms. The Kier molecular flexibility index (Phi) is 1.16. The largest absolute Gasteiger partial charge is 0.380 e. The summed E-state index contributed by atoms with van der Waals surface area (Å²) in [5, 5.41) is 0. The molecule has 0 aromatic rings. The Morgan fingerprint density at radius 2 is 2.40 bits per heavy atom. The van der Waals surface area contributed by atoms with Gasteiger partial charge in [0.15, 0.2) is 0 Å². The van der Waals surface area contributed by atoms with Crippen LogP contribution < -0.4 is 5.73 Å². The van der Waals surface area contributed by atoms with Gasteiger partial charge in [0.25, 0.3) is 0 Å². The zero-order valence-electron chi connectivity index (χ0n) is 5.91. The van der Waals surface area contributed by atoms with Crippen molar-refractivity contribution in [2.75, 3.05) is 6.61 Å². The van der Waals surface area contributed by atoms with Gasteiger partial charge < -0.3 is 15.2 Å². The monoisotopic (exact) mass is 139 g/mol. The van der Waals surface area contributed by atoms with E-state index in [9.17, 15) is 0 Å². The van der Waals surface area contributed by atoms with Crippen LogP contribution in [0.3, 0.4) is 0 Å². The lowest BCUT2D eigenvalue weighted by molar-refractivity contribution is -0.192. The molecule has 0 aromatic heterocycles. The predicted molar refractivity (Wildman–Crippen MR) is 36.4 cm³/mol. The van der Waals surface area contributed by atoms with Gasteiger partial charge in [-0.1, -0.05) is 0 Å². The molecule has 10 heavy (non-hydrogen) atoms. The normalized spacial score (nSPS) is 59.6. The molecule has 2 rings (SSSR count). The van der Waals surface area contributed by atoms with Crippen molar-refractivity contribution in [3.8, 4) is 0 Å². The number of hydrogen-bond donors (Lipinski definition) is 1. The highest BCUT2D eigenvalue weighted by molar-refractivity contribution is 6.11. The highest BCUT2D eigenvalue weighted by atomic mass is 16.6. The fraction of sp³-hybridized carbons (Fsp3) is 1.00. The zero-order chi connectivity index (χ0) is 7.35. The van der Waals surface area contributed by atoms with Gasteiger partial charge in [-0.15, -0.1) is 0 Å². The van der Waals surface area contributed by atoms with Gasteiger partial charge in [-0.05, 0) is 6.92 Å². The van der Waals surface area contributed by atoms with Gasteiger partial charge in [0.05, 0.1) is 12.7 Å². The SMILES string of the molecule is [B][C@@H]1O[C@@H](C)[C@]2(N)OC[C@@H]12. The standard InChI is InChI=1S/C6H10BNO2/c1-3-6(8)4(2-9-6)5(7)10-3/h3-5H,2,8H2,1H3/t3-,4-,5+,6-/m0/s1. The molecule has 2 N–H and O–H groups in total. The van der Waals surface area contributed by atoms with E-state index < -0.39 is 5.72 Å². The first-order valence-electron chi connectivity index (χ1n) is 3.48. The molecule has 0 bridgehead atoms. The average molecular weight is 139 g/mol. The lowest BCUT2D eigenvalue weighted by Gasteiger charge is -2.43. The fourth-order valence-electron chi connectivity index (χ4n) is 1.58. The Morgan fingerprint density at radius 3 is 2.60 bits per heavy atom. The maximum Gasteiger partial charge on any atom is 0.149 e. The summed E-state index contributed by atoms with van der Waals surface area (Å²) in [6.07, 6.45) is -0.0683. The number of fused-ring (bicyclic) bond motifs is 1. The van der Waals surface area contributed by atoms with E-state index in [-0.39, 0.29) is 18.0 Å². The van der Waals surface area contributed by atoms with Gasteiger partial charge in [0.2, 0.25) is 0 Å². The van der Waals surface area contributed by atoms with Crippen LogP contribution in [-0.2, 0) is 9.47 Å². The number of rotatable bonds is 0. The van der Waals surface area contributed by atoms with Crippen molar-refractivity contribution < 1.29 is 9.47 Å². The summed E-state index contributed by atoms with van der Waals surface area (Å²) < 4.78 is 10.5. The van der Waals surface area contributed by atoms with Crippen LogP contribution in [0.4, 0.5) is 0 Å². The van der Waals surface area contributed by atoms with Crippen LogP contribution in [0.2, 0.25) is 0 Å². The molecule has 2 aliphatic rings. The molecule has 54 valence electrons. The van der Waals surface area contributed by atoms with E-state index in [1.165, 1.54) is 0 Å². The number of hydrogen-bond acceptors (Lipinski definition) is 3. The Balaban J connectivity index is 2.20. The lowest BCUT2D eigenvalue weighted by atomic mass is 9.78. The Labute approximate surface area is 61.3 Å². The van der Waals surface area contributed by atoms with E-state index in [0.717, 1.165) is 0 Å². The molecule has 4 heteroatoms. The van der Waals surface area contributed by atoms with Gasteiger partial charge >= 0.3 is 0 Å². The molecule has 2 saturated heterocycles. The third kappa shape index (κ3) is 0.569. The molecular weight excluding hydrogens is 129 g/mol. The van der Waals surface area contributed by atoms with E-state index in [4.69, 9.17) is 23.1 Å². The van der Waals surface area contributed by atoms with Crippen LogP contribution in [0.5, 0.6) is 0 Å². The van der Waals surface area contributed by atoms with Gasteiger partial charge in [-0.2, -0.15) is 0 Å². The second-order valence-corrected chi connectivity index (χ2v) is 3.01. The molecule has 0 aromatic carbocycles. The minimum atomic E-state index is -0.584. The van der Waals surface area contributed by atoms with Gasteiger partial charge in [-0.3, -0.25) is 0 Å². The molecule has 0 unspecified atom stereocenters. The van der Waals surface area contributed by atoms with E-state index in [2.05, 4.69) is 0 Å². The van der Waals surface area contributed by atoms with Crippen molar-refractivity contribution >= 4 is 7.85 Å². The summed E-state index contributed by atoms with van der Waals surface area (Å²) in [6, 6.07) is -0.228. The quantitative estimate of drug-likeness (QED) is 0.447. The van der Waals surface area contributed by atoms with Crippen molar-refractivity contribution in [3.63, 3.8) is 0 Å². The minimum Gasteiger partial charge on any atom is -0.380 e. The topological polar surface area (TPSA) is 44.5 Å². The maximum atomic E-state index is 5.81. The van der Waals surface area contributed by atoms with Crippen LogP contribution in [0.1, 0.15) is 6.92 Å². The van der Waals surface area contributed by atoms with Gasteiger partial charge in [0, 0.05) is 11.9 Å². The van der Waals surface area contributed by atoms with Crippen LogP contribution >= 0.6 is 0 Å². The van der Waals surface area contributed by atoms with Crippen LogP contribution in [0.25, 0.3) is 0 Å². The molecule has 2 fully saturated rings. The first kappa shape index (κ1) is 6.64. The highest BCUT2D eigenvalue weighted by Crippen LogP contribution is 2.41. The summed E-state index contributed by atoms with van der Waals surface area (Å²) >= 11 is 0. The van der Waals surface area contributed by atoms with Crippen LogP contribution in [-0.4, -0.2) is 32.3 Å². The summed E-state index contributed by atoms with van der Waals surface area (Å²) in [4.78, 5) is 0. The van der Waals surface area contributed by atoms with E-state index in [1.54, 1.807) is 0 Å². The van der Waals surface area contributed by atoms with Crippen LogP contribution in [0.15, 0.2) is 0 Å². The molecule has 3 nitrogen and oxygen atoms in total. The third-order valence-electron chi connectivity index (χ3n) is 2.49. The number of ether oxygens (including phenoxy) is 2. The smallest absolute Gasteiger partial charge is 0.149 e. The van der Waals surface area contributed by atoms with Crippen molar-refractivity contribution in [1.82, 2.24) is 0 Å². The van der Waals surface area contributed by atoms with Crippen molar-refractivity contribution in [2.45, 2.75) is 24.8 Å². The molecular formula is C6H10BNO2. The van der Waals surface area contributed by atoms with Gasteiger partial charge in [-0.25, -0.2) is 0 Å². The molecule has 4 atom stereocenters. The second kappa shape index (κ2) is 1.75. The predicted octanol–water partition coefficient (Wildman–Crippen LogP) is -0.799. The van der Waals surface area contributed by atoms with Crippen molar-refractivity contribution in [2.24, 2.45) is 11.7 Å². The average Bonchev–Trinajstić information content (AvgIpc) is 1.92. The molecule has 2 radical (unpaired) electrons. The molecule has 0 saturated carbocycles. The fourth-order valence-corrected chi connectivity index (χ4v) is 1.58.